The SMILES string of the molecule is CC(CCn1cccn1)Nc1nccc(-c2ccccn2)n1. The molecular weight excluding hydrogens is 276 g/mol. The Kier molecular flexibility index (Phi) is 4.38. The normalized spacial score (nSPS) is 12.0. The highest BCUT2D eigenvalue weighted by molar-refractivity contribution is 5.54. The number of anilines is 1. The summed E-state index contributed by atoms with van der Waals surface area (Å²) in [6.45, 7) is 2.97. The van der Waals surface area contributed by atoms with Gasteiger partial charge in [0.2, 0.25) is 5.95 Å². The highest BCUT2D eigenvalue weighted by Gasteiger charge is 2.07. The fraction of sp³-hybridized carbons (Fsp3) is 0.250. The molecule has 0 saturated heterocycles. The van der Waals surface area contributed by atoms with Crippen molar-refractivity contribution in [2.75, 3.05) is 5.32 Å². The van der Waals surface area contributed by atoms with Crippen LogP contribution < -0.4 is 5.32 Å². The van der Waals surface area contributed by atoms with Crippen LogP contribution in [-0.4, -0.2) is 30.8 Å². The van der Waals surface area contributed by atoms with Gasteiger partial charge in [0.05, 0.1) is 11.4 Å². The second kappa shape index (κ2) is 6.80. The predicted molar refractivity (Wildman–Crippen MR) is 85.2 cm³/mol. The summed E-state index contributed by atoms with van der Waals surface area (Å²) >= 11 is 0. The number of aryl methyl sites for hydroxylation is 1. The van der Waals surface area contributed by atoms with Gasteiger partial charge in [-0.25, -0.2) is 9.97 Å². The molecule has 3 aromatic heterocycles. The van der Waals surface area contributed by atoms with Gasteiger partial charge in [0.15, 0.2) is 0 Å². The Hall–Kier alpha value is -2.76. The summed E-state index contributed by atoms with van der Waals surface area (Å²) in [7, 11) is 0. The molecule has 22 heavy (non-hydrogen) atoms. The van der Waals surface area contributed by atoms with E-state index in [0.717, 1.165) is 24.4 Å². The van der Waals surface area contributed by atoms with E-state index in [2.05, 4.69) is 32.3 Å². The second-order valence-corrected chi connectivity index (χ2v) is 5.08. The Morgan fingerprint density at radius 2 is 2.00 bits per heavy atom. The number of hydrogen-bond donors (Lipinski definition) is 1. The number of aromatic nitrogens is 5. The molecule has 112 valence electrons. The first-order chi connectivity index (χ1) is 10.8. The summed E-state index contributed by atoms with van der Waals surface area (Å²) in [6, 6.07) is 9.82. The van der Waals surface area contributed by atoms with Crippen molar-refractivity contribution >= 4 is 5.95 Å². The van der Waals surface area contributed by atoms with Gasteiger partial charge in [-0.1, -0.05) is 6.07 Å². The van der Waals surface area contributed by atoms with Gasteiger partial charge in [0.25, 0.3) is 0 Å². The standard InChI is InChI=1S/C16H18N6/c1-13(7-12-22-11-4-9-19-22)20-16-18-10-6-15(21-16)14-5-2-3-8-17-14/h2-6,8-11,13H,7,12H2,1H3,(H,18,20,21). The minimum atomic E-state index is 0.253. The Bertz CT molecular complexity index is 696. The van der Waals surface area contributed by atoms with E-state index in [4.69, 9.17) is 0 Å². The first-order valence-corrected chi connectivity index (χ1v) is 7.30. The van der Waals surface area contributed by atoms with Gasteiger partial charge in [0, 0.05) is 37.4 Å². The summed E-state index contributed by atoms with van der Waals surface area (Å²) in [4.78, 5) is 13.1. The molecule has 1 unspecified atom stereocenters. The molecule has 0 spiro atoms. The first-order valence-electron chi connectivity index (χ1n) is 7.30. The monoisotopic (exact) mass is 294 g/mol. The molecule has 0 aliphatic heterocycles. The molecule has 0 saturated carbocycles. The zero-order valence-electron chi connectivity index (χ0n) is 12.4. The van der Waals surface area contributed by atoms with Crippen LogP contribution in [-0.2, 0) is 6.54 Å². The fourth-order valence-electron chi connectivity index (χ4n) is 2.14. The Morgan fingerprint density at radius 3 is 2.77 bits per heavy atom. The predicted octanol–water partition coefficient (Wildman–Crippen LogP) is 2.63. The fourth-order valence-corrected chi connectivity index (χ4v) is 2.14. The minimum Gasteiger partial charge on any atom is -0.352 e. The lowest BCUT2D eigenvalue weighted by atomic mass is 10.2. The van der Waals surface area contributed by atoms with Gasteiger partial charge in [-0.05, 0) is 37.6 Å². The molecule has 0 aromatic carbocycles. The third-order valence-corrected chi connectivity index (χ3v) is 3.31. The third-order valence-electron chi connectivity index (χ3n) is 3.31. The quantitative estimate of drug-likeness (QED) is 0.757. The van der Waals surface area contributed by atoms with Crippen molar-refractivity contribution in [3.63, 3.8) is 0 Å². The van der Waals surface area contributed by atoms with Crippen molar-refractivity contribution in [2.45, 2.75) is 25.9 Å². The molecule has 0 aliphatic carbocycles. The molecule has 0 radical (unpaired) electrons. The van der Waals surface area contributed by atoms with E-state index in [9.17, 15) is 0 Å². The number of rotatable bonds is 6. The first kappa shape index (κ1) is 14.2. The van der Waals surface area contributed by atoms with Gasteiger partial charge in [-0.2, -0.15) is 5.10 Å². The Balaban J connectivity index is 1.62. The second-order valence-electron chi connectivity index (χ2n) is 5.08. The Labute approximate surface area is 129 Å². The zero-order chi connectivity index (χ0) is 15.2. The molecule has 0 amide bonds. The molecule has 3 rings (SSSR count). The third kappa shape index (κ3) is 3.66. The van der Waals surface area contributed by atoms with Gasteiger partial charge in [0.1, 0.15) is 0 Å². The molecule has 0 bridgehead atoms. The number of nitrogens with zero attached hydrogens (tertiary/aromatic N) is 5. The minimum absolute atomic E-state index is 0.253. The molecular formula is C16H18N6. The number of pyridine rings is 1. The van der Waals surface area contributed by atoms with Crippen LogP contribution in [0.2, 0.25) is 0 Å². The zero-order valence-corrected chi connectivity index (χ0v) is 12.4. The van der Waals surface area contributed by atoms with Crippen LogP contribution in [0.25, 0.3) is 11.4 Å². The van der Waals surface area contributed by atoms with Crippen LogP contribution in [0.5, 0.6) is 0 Å². The topological polar surface area (TPSA) is 68.5 Å². The van der Waals surface area contributed by atoms with E-state index in [1.54, 1.807) is 18.6 Å². The summed E-state index contributed by atoms with van der Waals surface area (Å²) in [5.74, 6) is 0.621. The number of nitrogens with one attached hydrogen (secondary N) is 1. The van der Waals surface area contributed by atoms with Crippen molar-refractivity contribution in [3.8, 4) is 11.4 Å². The van der Waals surface area contributed by atoms with Crippen LogP contribution >= 0.6 is 0 Å². The van der Waals surface area contributed by atoms with Crippen molar-refractivity contribution in [1.82, 2.24) is 24.7 Å². The van der Waals surface area contributed by atoms with Gasteiger partial charge in [-0.15, -0.1) is 0 Å². The number of hydrogen-bond acceptors (Lipinski definition) is 5. The highest BCUT2D eigenvalue weighted by Crippen LogP contribution is 2.14. The largest absolute Gasteiger partial charge is 0.352 e. The van der Waals surface area contributed by atoms with E-state index in [-0.39, 0.29) is 6.04 Å². The average Bonchev–Trinajstić information content (AvgIpc) is 3.08. The van der Waals surface area contributed by atoms with Crippen LogP contribution in [0.3, 0.4) is 0 Å². The summed E-state index contributed by atoms with van der Waals surface area (Å²) in [5, 5.41) is 7.52. The molecule has 3 aromatic rings. The van der Waals surface area contributed by atoms with E-state index < -0.39 is 0 Å². The van der Waals surface area contributed by atoms with E-state index >= 15 is 0 Å². The maximum Gasteiger partial charge on any atom is 0.223 e. The molecule has 3 heterocycles. The van der Waals surface area contributed by atoms with Gasteiger partial charge >= 0.3 is 0 Å². The summed E-state index contributed by atoms with van der Waals surface area (Å²) in [5.41, 5.74) is 1.66. The lowest BCUT2D eigenvalue weighted by molar-refractivity contribution is 0.544. The van der Waals surface area contributed by atoms with E-state index in [0.29, 0.717) is 5.95 Å². The highest BCUT2D eigenvalue weighted by atomic mass is 15.3. The summed E-state index contributed by atoms with van der Waals surface area (Å²) in [6.07, 6.45) is 8.21. The van der Waals surface area contributed by atoms with Crippen molar-refractivity contribution < 1.29 is 0 Å². The van der Waals surface area contributed by atoms with Gasteiger partial charge < -0.3 is 5.32 Å². The van der Waals surface area contributed by atoms with Crippen LogP contribution in [0.4, 0.5) is 5.95 Å². The van der Waals surface area contributed by atoms with Crippen LogP contribution in [0, 0.1) is 0 Å². The molecule has 1 N–H and O–H groups in total. The molecule has 6 heteroatoms. The smallest absolute Gasteiger partial charge is 0.223 e. The van der Waals surface area contributed by atoms with Crippen molar-refractivity contribution in [1.29, 1.82) is 0 Å². The maximum absolute atomic E-state index is 4.52. The van der Waals surface area contributed by atoms with Crippen LogP contribution in [0.15, 0.2) is 55.1 Å². The van der Waals surface area contributed by atoms with Crippen molar-refractivity contribution in [3.05, 3.63) is 55.1 Å². The lowest BCUT2D eigenvalue weighted by Crippen LogP contribution is -2.19. The lowest BCUT2D eigenvalue weighted by Gasteiger charge is -2.14. The molecule has 0 fully saturated rings. The summed E-state index contributed by atoms with van der Waals surface area (Å²) < 4.78 is 1.92. The molecule has 6 nitrogen and oxygen atoms in total. The molecule has 0 aliphatic rings. The molecule has 1 atom stereocenters. The van der Waals surface area contributed by atoms with Crippen molar-refractivity contribution in [2.24, 2.45) is 0 Å². The maximum atomic E-state index is 4.52. The van der Waals surface area contributed by atoms with Crippen LogP contribution in [0.1, 0.15) is 13.3 Å². The van der Waals surface area contributed by atoms with Gasteiger partial charge in [-0.3, -0.25) is 9.67 Å². The van der Waals surface area contributed by atoms with E-state index in [1.807, 2.05) is 41.2 Å². The Morgan fingerprint density at radius 1 is 1.05 bits per heavy atom. The average molecular weight is 294 g/mol. The van der Waals surface area contributed by atoms with E-state index in [1.165, 1.54) is 0 Å².